The number of rotatable bonds is 3. The number of hydrogen-bond donors (Lipinski definition) is 0. The Labute approximate surface area is 174 Å². The van der Waals surface area contributed by atoms with E-state index >= 15 is 0 Å². The lowest BCUT2D eigenvalue weighted by Gasteiger charge is -2.37. The van der Waals surface area contributed by atoms with Gasteiger partial charge in [0.15, 0.2) is 0 Å². The number of anilines is 1. The topological polar surface area (TPSA) is 43.9 Å². The summed E-state index contributed by atoms with van der Waals surface area (Å²) in [6.07, 6.45) is 0.893. The van der Waals surface area contributed by atoms with Gasteiger partial charge < -0.3 is 9.80 Å². The third-order valence-corrected chi connectivity index (χ3v) is 9.01. The molecule has 2 aromatic carbocycles. The second-order valence-electron chi connectivity index (χ2n) is 8.73. The summed E-state index contributed by atoms with van der Waals surface area (Å²) in [4.78, 5) is 5.19. The van der Waals surface area contributed by atoms with E-state index in [-0.39, 0.29) is 6.04 Å². The molecule has 0 amide bonds. The Morgan fingerprint density at radius 3 is 2.34 bits per heavy atom. The first-order chi connectivity index (χ1) is 14.0. The molecule has 0 spiro atoms. The van der Waals surface area contributed by atoms with E-state index in [0.29, 0.717) is 23.3 Å². The van der Waals surface area contributed by atoms with Crippen LogP contribution in [0.1, 0.15) is 36.4 Å². The molecule has 6 heteroatoms. The zero-order valence-electron chi connectivity index (χ0n) is 17.2. The van der Waals surface area contributed by atoms with E-state index in [1.807, 2.05) is 6.07 Å². The molecule has 2 unspecified atom stereocenters. The van der Waals surface area contributed by atoms with Crippen molar-refractivity contribution in [1.29, 1.82) is 0 Å². The maximum Gasteiger partial charge on any atom is 0.243 e. The molecular formula is C23H29N3O2S. The van der Waals surface area contributed by atoms with Gasteiger partial charge in [0.1, 0.15) is 0 Å². The van der Waals surface area contributed by atoms with E-state index in [0.717, 1.165) is 32.6 Å². The van der Waals surface area contributed by atoms with Crippen molar-refractivity contribution in [3.63, 3.8) is 0 Å². The molecule has 3 atom stereocenters. The highest BCUT2D eigenvalue weighted by molar-refractivity contribution is 7.89. The molecule has 1 aliphatic carbocycles. The standard InChI is InChI=1S/C23H29N3O2S/c1-17-20-10-11-26(29(27,28)19-6-4-3-5-7-19)23(17)22-16-18(8-9-21(20)22)25-14-12-24(2)13-15-25/h3-9,16-17,20,23H,10-15H2,1-2H3/t17-,20?,23?/m0/s1. The van der Waals surface area contributed by atoms with Crippen LogP contribution >= 0.6 is 0 Å². The van der Waals surface area contributed by atoms with Gasteiger partial charge in [-0.05, 0) is 60.7 Å². The summed E-state index contributed by atoms with van der Waals surface area (Å²) in [6, 6.07) is 15.6. The second-order valence-corrected chi connectivity index (χ2v) is 10.6. The van der Waals surface area contributed by atoms with Gasteiger partial charge in [0.2, 0.25) is 10.0 Å². The van der Waals surface area contributed by atoms with Crippen molar-refractivity contribution in [2.75, 3.05) is 44.7 Å². The molecule has 5 nitrogen and oxygen atoms in total. The van der Waals surface area contributed by atoms with E-state index in [9.17, 15) is 8.42 Å². The Kier molecular flexibility index (Phi) is 4.68. The molecular weight excluding hydrogens is 382 g/mol. The highest BCUT2D eigenvalue weighted by atomic mass is 32.2. The number of sulfonamides is 1. The van der Waals surface area contributed by atoms with E-state index in [1.165, 1.54) is 16.8 Å². The lowest BCUT2D eigenvalue weighted by molar-refractivity contribution is 0.190. The third kappa shape index (κ3) is 3.09. The number of hydrogen-bond acceptors (Lipinski definition) is 4. The van der Waals surface area contributed by atoms with Crippen LogP contribution in [0.25, 0.3) is 0 Å². The van der Waals surface area contributed by atoms with E-state index in [4.69, 9.17) is 0 Å². The minimum Gasteiger partial charge on any atom is -0.369 e. The molecule has 0 N–H and O–H groups in total. The van der Waals surface area contributed by atoms with Gasteiger partial charge in [0.25, 0.3) is 0 Å². The number of piperidine rings is 1. The van der Waals surface area contributed by atoms with Crippen molar-refractivity contribution in [2.24, 2.45) is 5.92 Å². The van der Waals surface area contributed by atoms with Crippen molar-refractivity contribution in [1.82, 2.24) is 9.21 Å². The van der Waals surface area contributed by atoms with Crippen LogP contribution < -0.4 is 4.90 Å². The van der Waals surface area contributed by atoms with E-state index in [1.54, 1.807) is 28.6 Å². The summed E-state index contributed by atoms with van der Waals surface area (Å²) < 4.78 is 28.7. The van der Waals surface area contributed by atoms with Gasteiger partial charge in [-0.15, -0.1) is 0 Å². The molecule has 2 fully saturated rings. The maximum atomic E-state index is 13.5. The van der Waals surface area contributed by atoms with Crippen LogP contribution in [0.3, 0.4) is 0 Å². The van der Waals surface area contributed by atoms with Crippen LogP contribution in [-0.2, 0) is 10.0 Å². The highest BCUT2D eigenvalue weighted by Crippen LogP contribution is 2.54. The number of benzene rings is 2. The fraction of sp³-hybridized carbons (Fsp3) is 0.478. The monoisotopic (exact) mass is 411 g/mol. The molecule has 2 heterocycles. The van der Waals surface area contributed by atoms with Crippen molar-refractivity contribution >= 4 is 15.7 Å². The number of fused-ring (bicyclic) bond motifs is 5. The van der Waals surface area contributed by atoms with Gasteiger partial charge in [0, 0.05) is 38.4 Å². The van der Waals surface area contributed by atoms with Crippen LogP contribution in [0.4, 0.5) is 5.69 Å². The van der Waals surface area contributed by atoms with Crippen LogP contribution in [-0.4, -0.2) is 57.4 Å². The first-order valence-electron chi connectivity index (χ1n) is 10.6. The van der Waals surface area contributed by atoms with Crippen molar-refractivity contribution in [2.45, 2.75) is 30.2 Å². The minimum atomic E-state index is -3.50. The molecule has 0 saturated carbocycles. The fourth-order valence-electron chi connectivity index (χ4n) is 5.44. The highest BCUT2D eigenvalue weighted by Gasteiger charge is 2.48. The quantitative estimate of drug-likeness (QED) is 0.777. The Bertz CT molecular complexity index is 1000. The molecule has 2 bridgehead atoms. The van der Waals surface area contributed by atoms with E-state index in [2.05, 4.69) is 42.0 Å². The van der Waals surface area contributed by atoms with Crippen molar-refractivity contribution < 1.29 is 8.42 Å². The predicted octanol–water partition coefficient (Wildman–Crippen LogP) is 3.31. The van der Waals surface area contributed by atoms with E-state index < -0.39 is 10.0 Å². The lowest BCUT2D eigenvalue weighted by Crippen LogP contribution is -2.44. The smallest absolute Gasteiger partial charge is 0.243 e. The van der Waals surface area contributed by atoms with Gasteiger partial charge >= 0.3 is 0 Å². The SMILES string of the molecule is C[C@H]1C2CCN(S(=O)(=O)c3ccccc3)C1c1cc(N3CCN(C)CC3)ccc12. The summed E-state index contributed by atoms with van der Waals surface area (Å²) in [7, 11) is -1.34. The number of nitrogens with zero attached hydrogens (tertiary/aromatic N) is 3. The largest absolute Gasteiger partial charge is 0.369 e. The maximum absolute atomic E-state index is 13.5. The zero-order valence-corrected chi connectivity index (χ0v) is 18.0. The van der Waals surface area contributed by atoms with Gasteiger partial charge in [-0.2, -0.15) is 4.31 Å². The Hall–Kier alpha value is -1.89. The summed E-state index contributed by atoms with van der Waals surface area (Å²) in [5.74, 6) is 0.763. The van der Waals surface area contributed by atoms with Crippen molar-refractivity contribution in [3.05, 3.63) is 59.7 Å². The van der Waals surface area contributed by atoms with Gasteiger partial charge in [-0.25, -0.2) is 8.42 Å². The van der Waals surface area contributed by atoms with Crippen LogP contribution in [0.15, 0.2) is 53.4 Å². The molecule has 2 aliphatic heterocycles. The predicted molar refractivity (Wildman–Crippen MR) is 116 cm³/mol. The molecule has 5 rings (SSSR count). The molecule has 0 radical (unpaired) electrons. The Balaban J connectivity index is 1.52. The summed E-state index contributed by atoms with van der Waals surface area (Å²) >= 11 is 0. The molecule has 29 heavy (non-hydrogen) atoms. The van der Waals surface area contributed by atoms with Gasteiger partial charge in [-0.1, -0.05) is 31.2 Å². The summed E-state index contributed by atoms with van der Waals surface area (Å²) in [5.41, 5.74) is 3.80. The summed E-state index contributed by atoms with van der Waals surface area (Å²) in [6.45, 7) is 6.98. The first kappa shape index (κ1) is 19.1. The molecule has 3 aliphatic rings. The molecule has 0 aromatic heterocycles. The summed E-state index contributed by atoms with van der Waals surface area (Å²) in [5, 5.41) is 0. The Morgan fingerprint density at radius 1 is 0.897 bits per heavy atom. The third-order valence-electron chi connectivity index (χ3n) is 7.11. The second kappa shape index (κ2) is 7.11. The number of likely N-dealkylation sites (N-methyl/N-ethyl adjacent to an activating group) is 1. The average Bonchev–Trinajstić information content (AvgIpc) is 2.89. The van der Waals surface area contributed by atoms with Crippen LogP contribution in [0.5, 0.6) is 0 Å². The first-order valence-corrected chi connectivity index (χ1v) is 12.0. The normalized spacial score (nSPS) is 27.8. The average molecular weight is 412 g/mol. The molecule has 154 valence electrons. The Morgan fingerprint density at radius 2 is 1.62 bits per heavy atom. The van der Waals surface area contributed by atoms with Crippen molar-refractivity contribution in [3.8, 4) is 0 Å². The number of piperazine rings is 1. The lowest BCUT2D eigenvalue weighted by atomic mass is 9.87. The van der Waals surface area contributed by atoms with Crippen LogP contribution in [0, 0.1) is 5.92 Å². The van der Waals surface area contributed by atoms with Gasteiger partial charge in [0.05, 0.1) is 10.9 Å². The molecule has 2 aromatic rings. The van der Waals surface area contributed by atoms with Crippen LogP contribution in [0.2, 0.25) is 0 Å². The molecule has 2 saturated heterocycles. The minimum absolute atomic E-state index is 0.0682. The zero-order chi connectivity index (χ0) is 20.2. The van der Waals surface area contributed by atoms with Gasteiger partial charge in [-0.3, -0.25) is 0 Å². The fourth-order valence-corrected chi connectivity index (χ4v) is 7.16.